The van der Waals surface area contributed by atoms with Gasteiger partial charge in [0.2, 0.25) is 0 Å². The van der Waals surface area contributed by atoms with Gasteiger partial charge >= 0.3 is 0 Å². The van der Waals surface area contributed by atoms with Crippen molar-refractivity contribution in [2.24, 2.45) is 0 Å². The minimum Gasteiger partial charge on any atom is -0.504 e. The van der Waals surface area contributed by atoms with Gasteiger partial charge in [-0.1, -0.05) is 19.9 Å². The van der Waals surface area contributed by atoms with E-state index >= 15 is 0 Å². The lowest BCUT2D eigenvalue weighted by molar-refractivity contribution is -0.116. The number of aryl methyl sites for hydroxylation is 1. The molecule has 5 nitrogen and oxygen atoms in total. The number of methoxy groups -OCH3 is 1. The molecule has 1 fully saturated rings. The summed E-state index contributed by atoms with van der Waals surface area (Å²) in [5, 5.41) is 26.1. The Morgan fingerprint density at radius 3 is 2.68 bits per heavy atom. The van der Waals surface area contributed by atoms with Crippen molar-refractivity contribution in [3.05, 3.63) is 23.3 Å². The SMILES string of the molecule is CCc1ccc(OC)c(O)c1C1(CC)CCNC(C)C1(O)CCC=O. The number of nitrogens with one attached hydrogen (secondary N) is 1. The predicted molar refractivity (Wildman–Crippen MR) is 98.3 cm³/mol. The molecule has 0 radical (unpaired) electrons. The van der Waals surface area contributed by atoms with Gasteiger partial charge in [-0.15, -0.1) is 0 Å². The molecular formula is C20H31NO4. The Hall–Kier alpha value is -1.59. The van der Waals surface area contributed by atoms with Gasteiger partial charge in [0, 0.05) is 23.4 Å². The van der Waals surface area contributed by atoms with Crippen LogP contribution >= 0.6 is 0 Å². The van der Waals surface area contributed by atoms with Crippen LogP contribution < -0.4 is 10.1 Å². The number of carbonyl (C=O) groups is 1. The number of phenols is 1. The molecule has 1 aliphatic heterocycles. The van der Waals surface area contributed by atoms with Crippen LogP contribution in [0, 0.1) is 0 Å². The third-order valence-corrected chi connectivity index (χ3v) is 6.10. The fourth-order valence-corrected chi connectivity index (χ4v) is 4.64. The molecule has 0 saturated carbocycles. The monoisotopic (exact) mass is 349 g/mol. The minimum absolute atomic E-state index is 0.113. The van der Waals surface area contributed by atoms with Crippen molar-refractivity contribution >= 4 is 6.29 Å². The van der Waals surface area contributed by atoms with Crippen LogP contribution in [0.15, 0.2) is 12.1 Å². The van der Waals surface area contributed by atoms with Crippen molar-refractivity contribution < 1.29 is 19.7 Å². The molecule has 1 aromatic rings. The largest absolute Gasteiger partial charge is 0.504 e. The zero-order valence-electron chi connectivity index (χ0n) is 15.8. The Morgan fingerprint density at radius 1 is 1.40 bits per heavy atom. The van der Waals surface area contributed by atoms with E-state index in [0.29, 0.717) is 25.0 Å². The van der Waals surface area contributed by atoms with E-state index in [0.717, 1.165) is 30.4 Å². The van der Waals surface area contributed by atoms with Gasteiger partial charge in [0.1, 0.15) is 6.29 Å². The number of aliphatic hydroxyl groups is 1. The molecule has 0 aliphatic carbocycles. The van der Waals surface area contributed by atoms with Crippen LogP contribution in [-0.4, -0.2) is 41.8 Å². The average molecular weight is 349 g/mol. The summed E-state index contributed by atoms with van der Waals surface area (Å²) in [5.41, 5.74) is 0.0247. The Balaban J connectivity index is 2.75. The van der Waals surface area contributed by atoms with E-state index in [1.807, 2.05) is 26.8 Å². The van der Waals surface area contributed by atoms with Crippen LogP contribution in [0.25, 0.3) is 0 Å². The highest BCUT2D eigenvalue weighted by Gasteiger charge is 2.56. The van der Waals surface area contributed by atoms with E-state index in [1.54, 1.807) is 6.07 Å². The Labute approximate surface area is 150 Å². The van der Waals surface area contributed by atoms with Gasteiger partial charge in [0.15, 0.2) is 11.5 Å². The second-order valence-electron chi connectivity index (χ2n) is 7.00. The summed E-state index contributed by atoms with van der Waals surface area (Å²) >= 11 is 0. The van der Waals surface area contributed by atoms with Crippen molar-refractivity contribution in [2.75, 3.05) is 13.7 Å². The van der Waals surface area contributed by atoms with Crippen LogP contribution in [0.4, 0.5) is 0 Å². The molecule has 5 heteroatoms. The molecular weight excluding hydrogens is 318 g/mol. The fraction of sp³-hybridized carbons (Fsp3) is 0.650. The van der Waals surface area contributed by atoms with Gasteiger partial charge < -0.3 is 25.1 Å². The number of hydrogen-bond acceptors (Lipinski definition) is 5. The van der Waals surface area contributed by atoms with Gasteiger partial charge in [0.25, 0.3) is 0 Å². The minimum atomic E-state index is -1.13. The molecule has 140 valence electrons. The van der Waals surface area contributed by atoms with E-state index in [9.17, 15) is 15.0 Å². The molecule has 0 bridgehead atoms. The number of phenolic OH excluding ortho intramolecular Hbond substituents is 1. The first-order valence-electron chi connectivity index (χ1n) is 9.20. The summed E-state index contributed by atoms with van der Waals surface area (Å²) in [6.45, 7) is 6.79. The van der Waals surface area contributed by atoms with Crippen molar-refractivity contribution in [1.29, 1.82) is 0 Å². The van der Waals surface area contributed by atoms with Crippen LogP contribution in [-0.2, 0) is 16.6 Å². The molecule has 1 heterocycles. The number of piperidine rings is 1. The highest BCUT2D eigenvalue weighted by molar-refractivity contribution is 5.56. The third kappa shape index (κ3) is 3.04. The van der Waals surface area contributed by atoms with Gasteiger partial charge in [-0.25, -0.2) is 0 Å². The third-order valence-electron chi connectivity index (χ3n) is 6.10. The zero-order chi connectivity index (χ0) is 18.7. The lowest BCUT2D eigenvalue weighted by Gasteiger charge is -2.55. The van der Waals surface area contributed by atoms with Crippen LogP contribution in [0.2, 0.25) is 0 Å². The molecule has 25 heavy (non-hydrogen) atoms. The molecule has 3 unspecified atom stereocenters. The topological polar surface area (TPSA) is 78.8 Å². The first kappa shape index (κ1) is 19.7. The van der Waals surface area contributed by atoms with Gasteiger partial charge in [-0.3, -0.25) is 0 Å². The maximum Gasteiger partial charge on any atom is 0.161 e. The summed E-state index contributed by atoms with van der Waals surface area (Å²) in [4.78, 5) is 11.0. The number of carbonyl (C=O) groups excluding carboxylic acids is 1. The molecule has 2 rings (SSSR count). The molecule has 3 N–H and O–H groups in total. The van der Waals surface area contributed by atoms with Gasteiger partial charge in [-0.05, 0) is 50.8 Å². The number of rotatable bonds is 7. The van der Waals surface area contributed by atoms with Crippen molar-refractivity contribution in [3.63, 3.8) is 0 Å². The molecule has 0 spiro atoms. The molecule has 1 aliphatic rings. The standard InChI is InChI=1S/C20H31NO4/c1-5-15-8-9-16(25-4)18(23)17(15)19(6-2)11-12-21-14(3)20(19,24)10-7-13-22/h8-9,13-14,21,23-24H,5-7,10-12H2,1-4H3. The summed E-state index contributed by atoms with van der Waals surface area (Å²) in [5.74, 6) is 0.534. The summed E-state index contributed by atoms with van der Waals surface area (Å²) in [7, 11) is 1.53. The van der Waals surface area contributed by atoms with Crippen LogP contribution in [0.5, 0.6) is 11.5 Å². The number of aromatic hydroxyl groups is 1. The van der Waals surface area contributed by atoms with Crippen LogP contribution in [0.1, 0.15) is 57.6 Å². The smallest absolute Gasteiger partial charge is 0.161 e. The van der Waals surface area contributed by atoms with E-state index < -0.39 is 11.0 Å². The van der Waals surface area contributed by atoms with Gasteiger partial charge in [0.05, 0.1) is 12.7 Å². The molecule has 0 amide bonds. The average Bonchev–Trinajstić information content (AvgIpc) is 2.62. The fourth-order valence-electron chi connectivity index (χ4n) is 4.64. The lowest BCUT2D eigenvalue weighted by atomic mass is 9.56. The second kappa shape index (κ2) is 7.75. The normalized spacial score (nSPS) is 29.4. The van der Waals surface area contributed by atoms with Crippen molar-refractivity contribution in [2.45, 2.75) is 69.9 Å². The van der Waals surface area contributed by atoms with Crippen LogP contribution in [0.3, 0.4) is 0 Å². The Morgan fingerprint density at radius 2 is 2.12 bits per heavy atom. The highest BCUT2D eigenvalue weighted by atomic mass is 16.5. The van der Waals surface area contributed by atoms with Crippen molar-refractivity contribution in [1.82, 2.24) is 5.32 Å². The molecule has 1 saturated heterocycles. The highest BCUT2D eigenvalue weighted by Crippen LogP contribution is 2.53. The first-order chi connectivity index (χ1) is 11.9. The predicted octanol–water partition coefficient (Wildman–Crippen LogP) is 2.70. The Bertz CT molecular complexity index is 618. The number of benzene rings is 1. The quantitative estimate of drug-likeness (QED) is 0.660. The van der Waals surface area contributed by atoms with Crippen molar-refractivity contribution in [3.8, 4) is 11.5 Å². The first-order valence-corrected chi connectivity index (χ1v) is 9.20. The summed E-state index contributed by atoms with van der Waals surface area (Å²) in [6.07, 6.45) is 3.61. The summed E-state index contributed by atoms with van der Waals surface area (Å²) < 4.78 is 5.34. The van der Waals surface area contributed by atoms with E-state index in [2.05, 4.69) is 5.32 Å². The zero-order valence-corrected chi connectivity index (χ0v) is 15.8. The number of hydrogen-bond donors (Lipinski definition) is 3. The summed E-state index contributed by atoms with van der Waals surface area (Å²) in [6, 6.07) is 3.56. The Kier molecular flexibility index (Phi) is 6.12. The molecule has 1 aromatic carbocycles. The number of aldehydes is 1. The van der Waals surface area contributed by atoms with E-state index in [4.69, 9.17) is 4.74 Å². The van der Waals surface area contributed by atoms with E-state index in [1.165, 1.54) is 7.11 Å². The second-order valence-corrected chi connectivity index (χ2v) is 7.00. The number of ether oxygens (including phenoxy) is 1. The maximum absolute atomic E-state index is 11.8. The van der Waals surface area contributed by atoms with Gasteiger partial charge in [-0.2, -0.15) is 0 Å². The maximum atomic E-state index is 11.8. The molecule has 3 atom stereocenters. The molecule has 0 aromatic heterocycles. The van der Waals surface area contributed by atoms with E-state index in [-0.39, 0.29) is 18.2 Å². The lowest BCUT2D eigenvalue weighted by Crippen LogP contribution is -2.66.